The molecular weight excluding hydrogens is 208 g/mol. The lowest BCUT2D eigenvalue weighted by Gasteiger charge is -2.20. The van der Waals surface area contributed by atoms with Crippen molar-refractivity contribution in [1.29, 1.82) is 0 Å². The molecule has 0 unspecified atom stereocenters. The van der Waals surface area contributed by atoms with Crippen molar-refractivity contribution in [2.24, 2.45) is 0 Å². The smallest absolute Gasteiger partial charge is 0.0726 e. The van der Waals surface area contributed by atoms with Crippen LogP contribution in [0.5, 0.6) is 0 Å². The van der Waals surface area contributed by atoms with Gasteiger partial charge in [-0.3, -0.25) is 4.98 Å². The molecule has 2 aromatic rings. The highest BCUT2D eigenvalue weighted by atomic mass is 14.8. The van der Waals surface area contributed by atoms with Gasteiger partial charge in [0.15, 0.2) is 0 Å². The van der Waals surface area contributed by atoms with Gasteiger partial charge < -0.3 is 5.32 Å². The minimum atomic E-state index is 0.0741. The number of hydrogen-bond donors (Lipinski definition) is 1. The van der Waals surface area contributed by atoms with Crippen LogP contribution in [0.1, 0.15) is 32.0 Å². The van der Waals surface area contributed by atoms with E-state index in [0.29, 0.717) is 0 Å². The zero-order valence-electron chi connectivity index (χ0n) is 11.3. The Bertz CT molecular complexity index is 551. The van der Waals surface area contributed by atoms with Crippen LogP contribution < -0.4 is 5.32 Å². The molecule has 0 aliphatic carbocycles. The second-order valence-electron chi connectivity index (χ2n) is 5.58. The monoisotopic (exact) mass is 228 g/mol. The van der Waals surface area contributed by atoms with Gasteiger partial charge in [-0.05, 0) is 25.1 Å². The molecular formula is C15H20N2. The average Bonchev–Trinajstić information content (AvgIpc) is 2.26. The zero-order valence-corrected chi connectivity index (χ0v) is 11.3. The lowest BCUT2D eigenvalue weighted by molar-refractivity contribution is 0.572. The number of benzene rings is 1. The molecule has 1 heterocycles. The van der Waals surface area contributed by atoms with Crippen molar-refractivity contribution < 1.29 is 0 Å². The van der Waals surface area contributed by atoms with E-state index in [1.54, 1.807) is 0 Å². The minimum Gasteiger partial charge on any atom is -0.388 e. The summed E-state index contributed by atoms with van der Waals surface area (Å²) in [6.45, 7) is 8.68. The number of pyridine rings is 1. The average molecular weight is 228 g/mol. The highest BCUT2D eigenvalue weighted by molar-refractivity contribution is 5.92. The van der Waals surface area contributed by atoms with Crippen LogP contribution in [0.15, 0.2) is 24.3 Å². The Kier molecular flexibility index (Phi) is 2.82. The highest BCUT2D eigenvalue weighted by Gasteiger charge is 2.17. The van der Waals surface area contributed by atoms with E-state index >= 15 is 0 Å². The van der Waals surface area contributed by atoms with Crippen molar-refractivity contribution in [1.82, 2.24) is 4.98 Å². The number of rotatable bonds is 1. The van der Waals surface area contributed by atoms with E-state index in [1.165, 1.54) is 10.9 Å². The van der Waals surface area contributed by atoms with E-state index in [1.807, 2.05) is 7.05 Å². The van der Waals surface area contributed by atoms with Crippen LogP contribution in [0.2, 0.25) is 0 Å². The number of aromatic nitrogens is 1. The number of hydrogen-bond acceptors (Lipinski definition) is 2. The Labute approximate surface area is 103 Å². The minimum absolute atomic E-state index is 0.0741. The maximum absolute atomic E-state index is 4.76. The normalized spacial score (nSPS) is 11.8. The largest absolute Gasteiger partial charge is 0.388 e. The third-order valence-corrected chi connectivity index (χ3v) is 3.00. The topological polar surface area (TPSA) is 24.9 Å². The maximum Gasteiger partial charge on any atom is 0.0726 e. The lowest BCUT2D eigenvalue weighted by atomic mass is 9.90. The number of fused-ring (bicyclic) bond motifs is 1. The van der Waals surface area contributed by atoms with Gasteiger partial charge in [0.05, 0.1) is 5.52 Å². The molecule has 2 rings (SSSR count). The molecule has 0 saturated carbocycles. The third-order valence-electron chi connectivity index (χ3n) is 3.00. The molecule has 0 fully saturated rings. The van der Waals surface area contributed by atoms with E-state index in [4.69, 9.17) is 4.98 Å². The quantitative estimate of drug-likeness (QED) is 0.801. The summed E-state index contributed by atoms with van der Waals surface area (Å²) in [4.78, 5) is 4.76. The molecule has 0 aliphatic rings. The summed E-state index contributed by atoms with van der Waals surface area (Å²) < 4.78 is 0. The van der Waals surface area contributed by atoms with Crippen molar-refractivity contribution in [3.63, 3.8) is 0 Å². The molecule has 0 atom stereocenters. The van der Waals surface area contributed by atoms with Crippen molar-refractivity contribution in [3.05, 3.63) is 35.5 Å². The van der Waals surface area contributed by atoms with E-state index < -0.39 is 0 Å². The summed E-state index contributed by atoms with van der Waals surface area (Å²) in [6.07, 6.45) is 0. The molecule has 2 nitrogen and oxygen atoms in total. The van der Waals surface area contributed by atoms with Gasteiger partial charge >= 0.3 is 0 Å². The fourth-order valence-electron chi connectivity index (χ4n) is 1.93. The van der Waals surface area contributed by atoms with Gasteiger partial charge in [-0.1, -0.05) is 32.4 Å². The van der Waals surface area contributed by atoms with Crippen molar-refractivity contribution >= 4 is 16.6 Å². The third kappa shape index (κ3) is 2.26. The van der Waals surface area contributed by atoms with Gasteiger partial charge in [-0.2, -0.15) is 0 Å². The molecule has 1 aromatic carbocycles. The standard InChI is InChI=1S/C15H20N2/c1-10-6-7-12-11(8-10)13(16-5)9-14(17-12)15(2,3)4/h6-9H,1-5H3,(H,16,17). The SMILES string of the molecule is CNc1cc(C(C)(C)C)nc2ccc(C)cc12. The van der Waals surface area contributed by atoms with Crippen molar-refractivity contribution in [3.8, 4) is 0 Å². The highest BCUT2D eigenvalue weighted by Crippen LogP contribution is 2.29. The first-order valence-corrected chi connectivity index (χ1v) is 6.01. The van der Waals surface area contributed by atoms with Gasteiger partial charge in [-0.25, -0.2) is 0 Å². The Morgan fingerprint density at radius 2 is 1.82 bits per heavy atom. The Balaban J connectivity index is 2.75. The molecule has 1 aromatic heterocycles. The number of aryl methyl sites for hydroxylation is 1. The summed E-state index contributed by atoms with van der Waals surface area (Å²) in [7, 11) is 1.96. The van der Waals surface area contributed by atoms with Crippen LogP contribution in [-0.4, -0.2) is 12.0 Å². The molecule has 90 valence electrons. The molecule has 0 amide bonds. The molecule has 0 aliphatic heterocycles. The van der Waals surface area contributed by atoms with Gasteiger partial charge in [0.1, 0.15) is 0 Å². The molecule has 0 saturated heterocycles. The van der Waals surface area contributed by atoms with Crippen molar-refractivity contribution in [2.45, 2.75) is 33.1 Å². The number of nitrogens with one attached hydrogen (secondary N) is 1. The zero-order chi connectivity index (χ0) is 12.6. The molecule has 17 heavy (non-hydrogen) atoms. The summed E-state index contributed by atoms with van der Waals surface area (Å²) in [6, 6.07) is 8.55. The fraction of sp³-hybridized carbons (Fsp3) is 0.400. The van der Waals surface area contributed by atoms with E-state index in [-0.39, 0.29) is 5.41 Å². The Hall–Kier alpha value is -1.57. The van der Waals surface area contributed by atoms with Crippen LogP contribution in [0.25, 0.3) is 10.9 Å². The molecule has 0 radical (unpaired) electrons. The van der Waals surface area contributed by atoms with Crippen LogP contribution in [-0.2, 0) is 5.41 Å². The van der Waals surface area contributed by atoms with Crippen LogP contribution >= 0.6 is 0 Å². The summed E-state index contributed by atoms with van der Waals surface area (Å²) in [5.41, 5.74) is 4.68. The fourth-order valence-corrected chi connectivity index (χ4v) is 1.93. The second kappa shape index (κ2) is 4.02. The molecule has 0 bridgehead atoms. The Morgan fingerprint density at radius 3 is 2.41 bits per heavy atom. The number of anilines is 1. The summed E-state index contributed by atoms with van der Waals surface area (Å²) in [5, 5.41) is 4.46. The van der Waals surface area contributed by atoms with E-state index in [9.17, 15) is 0 Å². The van der Waals surface area contributed by atoms with Crippen LogP contribution in [0.3, 0.4) is 0 Å². The molecule has 2 heteroatoms. The first-order valence-electron chi connectivity index (χ1n) is 6.01. The predicted octanol–water partition coefficient (Wildman–Crippen LogP) is 3.88. The molecule has 1 N–H and O–H groups in total. The number of nitrogens with zero attached hydrogens (tertiary/aromatic N) is 1. The lowest BCUT2D eigenvalue weighted by Crippen LogP contribution is -2.14. The van der Waals surface area contributed by atoms with Crippen molar-refractivity contribution in [2.75, 3.05) is 12.4 Å². The second-order valence-corrected chi connectivity index (χ2v) is 5.58. The van der Waals surface area contributed by atoms with Gasteiger partial charge in [-0.15, -0.1) is 0 Å². The van der Waals surface area contributed by atoms with Crippen LogP contribution in [0.4, 0.5) is 5.69 Å². The molecule has 0 spiro atoms. The van der Waals surface area contributed by atoms with Gasteiger partial charge in [0.2, 0.25) is 0 Å². The van der Waals surface area contributed by atoms with E-state index in [2.05, 4.69) is 57.3 Å². The summed E-state index contributed by atoms with van der Waals surface area (Å²) in [5.74, 6) is 0. The predicted molar refractivity (Wildman–Crippen MR) is 74.7 cm³/mol. The first kappa shape index (κ1) is 11.9. The van der Waals surface area contributed by atoms with E-state index in [0.717, 1.165) is 16.9 Å². The first-order chi connectivity index (χ1) is 7.91. The Morgan fingerprint density at radius 1 is 1.12 bits per heavy atom. The maximum atomic E-state index is 4.76. The van der Waals surface area contributed by atoms with Gasteiger partial charge in [0.25, 0.3) is 0 Å². The summed E-state index contributed by atoms with van der Waals surface area (Å²) >= 11 is 0. The van der Waals surface area contributed by atoms with Crippen LogP contribution in [0, 0.1) is 6.92 Å². The van der Waals surface area contributed by atoms with Gasteiger partial charge in [0, 0.05) is 29.2 Å².